The van der Waals surface area contributed by atoms with Gasteiger partial charge in [-0.25, -0.2) is 9.97 Å². The number of hydrogen-bond acceptors (Lipinski definition) is 4. The normalized spacial score (nSPS) is 11.0. The van der Waals surface area contributed by atoms with E-state index in [4.69, 9.17) is 4.98 Å². The van der Waals surface area contributed by atoms with Crippen LogP contribution in [0.4, 0.5) is 0 Å². The van der Waals surface area contributed by atoms with Crippen LogP contribution in [-0.2, 0) is 122 Å². The first-order chi connectivity index (χ1) is 15.6. The molecule has 0 spiro atoms. The Kier molecular flexibility index (Phi) is 13.1. The maximum Gasteiger partial charge on any atom is 0.147 e. The van der Waals surface area contributed by atoms with Crippen LogP contribution in [0.2, 0.25) is 0 Å². The molecule has 0 amide bonds. The molecule has 3 nitrogen and oxygen atoms in total. The second kappa shape index (κ2) is 14.5. The minimum atomic E-state index is -0.0229. The highest BCUT2D eigenvalue weighted by Gasteiger charge is 2.22. The second-order valence-electron chi connectivity index (χ2n) is 8.47. The van der Waals surface area contributed by atoms with Crippen LogP contribution in [0.1, 0.15) is 52.9 Å². The monoisotopic (exact) mass is 665 g/mol. The molecule has 2 aromatic heterocycles. The van der Waals surface area contributed by atoms with Gasteiger partial charge in [0.15, 0.2) is 0 Å². The summed E-state index contributed by atoms with van der Waals surface area (Å²) in [4.78, 5) is 9.48. The molecule has 15 heteroatoms. The van der Waals surface area contributed by atoms with Gasteiger partial charge in [-0.3, -0.25) is 4.40 Å². The fourth-order valence-corrected chi connectivity index (χ4v) is 24.7. The third-order valence-corrected chi connectivity index (χ3v) is 24.1. The second-order valence-corrected chi connectivity index (χ2v) is 26.2. The Balaban J connectivity index is 0.000000277. The van der Waals surface area contributed by atoms with Gasteiger partial charge in [-0.2, -0.15) is 0 Å². The van der Waals surface area contributed by atoms with Crippen LogP contribution in [0, 0.1) is 0 Å². The summed E-state index contributed by atoms with van der Waals surface area (Å²) in [6.45, 7) is 13.3. The van der Waals surface area contributed by atoms with E-state index >= 15 is 0 Å². The van der Waals surface area contributed by atoms with E-state index in [1.54, 1.807) is 71.0 Å². The molecule has 0 fully saturated rings. The van der Waals surface area contributed by atoms with Crippen molar-refractivity contribution in [1.82, 2.24) is 14.4 Å². The molecule has 0 bridgehead atoms. The van der Waals surface area contributed by atoms with Crippen LogP contribution in [0.15, 0.2) is 30.6 Å². The molecular weight excluding hydrogens is 643 g/mol. The van der Waals surface area contributed by atoms with Gasteiger partial charge in [0.2, 0.25) is 0 Å². The van der Waals surface area contributed by atoms with Gasteiger partial charge < -0.3 is 0 Å². The number of fused-ring (bicyclic) bond motifs is 3. The predicted molar refractivity (Wildman–Crippen MR) is 176 cm³/mol. The van der Waals surface area contributed by atoms with Crippen molar-refractivity contribution in [2.75, 3.05) is 0 Å². The Morgan fingerprint density at radius 1 is 0.758 bits per heavy atom. The zero-order valence-electron chi connectivity index (χ0n) is 18.6. The van der Waals surface area contributed by atoms with Crippen molar-refractivity contribution in [3.05, 3.63) is 42.0 Å². The number of hydrogen-bond donors (Lipinski definition) is 0. The van der Waals surface area contributed by atoms with Crippen LogP contribution < -0.4 is 0 Å². The molecule has 33 heavy (non-hydrogen) atoms. The first-order valence-electron chi connectivity index (χ1n) is 9.29. The molecule has 0 unspecified atom stereocenters. The average molecular weight is 666 g/mol. The molecule has 0 saturated heterocycles. The summed E-state index contributed by atoms with van der Waals surface area (Å²) < 4.78 is 2.11. The zero-order chi connectivity index (χ0) is 24.5. The highest BCUT2D eigenvalue weighted by molar-refractivity contribution is 8.75. The van der Waals surface area contributed by atoms with E-state index in [1.807, 2.05) is 12.4 Å². The third-order valence-electron chi connectivity index (χ3n) is 4.12. The summed E-state index contributed by atoms with van der Waals surface area (Å²) in [7, 11) is 16.3. The number of rotatable bonds is 0. The van der Waals surface area contributed by atoms with Gasteiger partial charge in [-0.1, -0.05) is 47.6 Å². The molecule has 0 atom stereocenters. The Morgan fingerprint density at radius 2 is 1.30 bits per heavy atom. The molecule has 0 aliphatic carbocycles. The van der Waals surface area contributed by atoms with Crippen LogP contribution in [0.25, 0.3) is 16.6 Å². The summed E-state index contributed by atoms with van der Waals surface area (Å²) in [6, 6.07) is 6.55. The fraction of sp³-hybridized carbons (Fsp3) is 0.444. The molecular formula is C18H23N3S12. The van der Waals surface area contributed by atoms with E-state index in [9.17, 15) is 0 Å². The van der Waals surface area contributed by atoms with Crippen molar-refractivity contribution < 1.29 is 0 Å². The highest BCUT2D eigenvalue weighted by atomic mass is 33.4. The zero-order valence-corrected chi connectivity index (χ0v) is 28.4. The lowest BCUT2D eigenvalue weighted by Gasteiger charge is -2.22. The Bertz CT molecular complexity index is 1530. The molecule has 0 aliphatic heterocycles. The van der Waals surface area contributed by atoms with E-state index < -0.39 is 0 Å². The van der Waals surface area contributed by atoms with Crippen molar-refractivity contribution in [3.63, 3.8) is 0 Å². The molecule has 0 N–H and O–H groups in total. The standard InChI is InChI=1S/C18H23N3.S12/c1-17(2,3)12-7-8-13-14(11-12)20-16(18(4,5)6)21-10-9-19-15(13)21;1-3-5-7-9-11-12-10-8-6-4-2/h7-11H,1-6H3;. The maximum absolute atomic E-state index is 4.94. The average Bonchev–Trinajstić information content (AvgIpc) is 3.24. The SMILES string of the molecule is CC(C)(C)c1ccc2c(c1)nc(C(C)(C)C)n1ccnc21.S=S=S=S=S=S=S=S=S=S=S=S. The number of imidazole rings is 1. The van der Waals surface area contributed by atoms with E-state index in [2.05, 4.69) is 91.5 Å². The first-order valence-corrected chi connectivity index (χ1v) is 24.0. The fourth-order valence-electron chi connectivity index (χ4n) is 2.74. The number of benzene rings is 1. The van der Waals surface area contributed by atoms with Gasteiger partial charge in [0.25, 0.3) is 0 Å². The van der Waals surface area contributed by atoms with Crippen LogP contribution in [0.3, 0.4) is 0 Å². The number of aromatic nitrogens is 3. The van der Waals surface area contributed by atoms with Crippen molar-refractivity contribution in [1.29, 1.82) is 0 Å². The van der Waals surface area contributed by atoms with Crippen LogP contribution in [0.5, 0.6) is 0 Å². The molecule has 0 radical (unpaired) electrons. The Hall–Kier alpha value is 0.740. The van der Waals surface area contributed by atoms with Gasteiger partial charge in [0.05, 0.1) is 5.52 Å². The largest absolute Gasteiger partial charge is 0.287 e. The lowest BCUT2D eigenvalue weighted by molar-refractivity contribution is 0.539. The van der Waals surface area contributed by atoms with Crippen molar-refractivity contribution in [2.24, 2.45) is 0 Å². The third kappa shape index (κ3) is 9.61. The van der Waals surface area contributed by atoms with E-state index in [0.29, 0.717) is 0 Å². The minimum absolute atomic E-state index is 0.0229. The summed E-state index contributed by atoms with van der Waals surface area (Å²) in [5.41, 5.74) is 3.43. The molecule has 1 aromatic carbocycles. The van der Waals surface area contributed by atoms with Crippen LogP contribution in [-0.4, -0.2) is 14.4 Å². The smallest absolute Gasteiger partial charge is 0.147 e. The minimum Gasteiger partial charge on any atom is -0.287 e. The lowest BCUT2D eigenvalue weighted by Crippen LogP contribution is -2.19. The van der Waals surface area contributed by atoms with Gasteiger partial charge in [-0.05, 0) is 23.1 Å². The number of nitrogens with zero attached hydrogens (tertiary/aromatic N) is 3. The van der Waals surface area contributed by atoms with Crippen molar-refractivity contribution >= 4 is 128 Å². The molecule has 182 valence electrons. The highest BCUT2D eigenvalue weighted by Crippen LogP contribution is 2.29. The Morgan fingerprint density at radius 3 is 1.79 bits per heavy atom. The molecule has 0 aliphatic rings. The summed E-state index contributed by atoms with van der Waals surface area (Å²) in [6.07, 6.45) is 3.85. The summed E-state index contributed by atoms with van der Waals surface area (Å²) in [5, 5.41) is 1.11. The van der Waals surface area contributed by atoms with Crippen molar-refractivity contribution in [3.8, 4) is 0 Å². The van der Waals surface area contributed by atoms with Gasteiger partial charge in [0, 0.05) is 134 Å². The van der Waals surface area contributed by atoms with Gasteiger partial charge >= 0.3 is 0 Å². The molecule has 3 aromatic rings. The first kappa shape index (κ1) is 30.0. The van der Waals surface area contributed by atoms with E-state index in [0.717, 1.165) is 22.4 Å². The van der Waals surface area contributed by atoms with Gasteiger partial charge in [-0.15, -0.1) is 0 Å². The molecule has 0 saturated carbocycles. The van der Waals surface area contributed by atoms with E-state index in [1.165, 1.54) is 23.3 Å². The maximum atomic E-state index is 4.94. The molecule has 3 rings (SSSR count). The quantitative estimate of drug-likeness (QED) is 0.355. The van der Waals surface area contributed by atoms with Crippen molar-refractivity contribution in [2.45, 2.75) is 52.4 Å². The molecule has 2 heterocycles. The summed E-state index contributed by atoms with van der Waals surface area (Å²) in [5.74, 6) is 1.05. The predicted octanol–water partition coefficient (Wildman–Crippen LogP) is 4.45. The van der Waals surface area contributed by atoms with E-state index in [-0.39, 0.29) is 10.8 Å². The summed E-state index contributed by atoms with van der Waals surface area (Å²) >= 11 is 9.38. The Labute approximate surface area is 233 Å². The topological polar surface area (TPSA) is 30.2 Å². The lowest BCUT2D eigenvalue weighted by atomic mass is 9.86. The van der Waals surface area contributed by atoms with Gasteiger partial charge in [0.1, 0.15) is 11.5 Å². The van der Waals surface area contributed by atoms with Crippen LogP contribution >= 0.6 is 0 Å².